The SMILES string of the molecule is CCCC[C@H](NC(=O)C1CCCCN1C(C)=O)C(=O)O. The van der Waals surface area contributed by atoms with E-state index in [2.05, 4.69) is 5.32 Å². The number of carboxylic acid groups (broad SMARTS) is 1. The first kappa shape index (κ1) is 16.5. The number of carbonyl (C=O) groups excluding carboxylic acids is 2. The third-order valence-electron chi connectivity index (χ3n) is 3.67. The molecule has 6 nitrogen and oxygen atoms in total. The van der Waals surface area contributed by atoms with E-state index >= 15 is 0 Å². The van der Waals surface area contributed by atoms with Crippen molar-refractivity contribution in [2.75, 3.05) is 6.54 Å². The van der Waals surface area contributed by atoms with E-state index in [0.29, 0.717) is 19.4 Å². The molecular formula is C14H24N2O4. The van der Waals surface area contributed by atoms with Crippen molar-refractivity contribution in [3.05, 3.63) is 0 Å². The molecule has 0 saturated carbocycles. The molecule has 0 spiro atoms. The van der Waals surface area contributed by atoms with Crippen LogP contribution in [0.5, 0.6) is 0 Å². The van der Waals surface area contributed by atoms with Crippen molar-refractivity contribution < 1.29 is 19.5 Å². The first-order chi connectivity index (χ1) is 9.47. The molecule has 2 N–H and O–H groups in total. The van der Waals surface area contributed by atoms with Gasteiger partial charge in [0.1, 0.15) is 12.1 Å². The number of aliphatic carboxylic acids is 1. The Morgan fingerprint density at radius 2 is 2.05 bits per heavy atom. The van der Waals surface area contributed by atoms with Crippen molar-refractivity contribution in [2.45, 2.75) is 64.5 Å². The first-order valence-electron chi connectivity index (χ1n) is 7.27. The van der Waals surface area contributed by atoms with Crippen LogP contribution in [0.4, 0.5) is 0 Å². The number of hydrogen-bond donors (Lipinski definition) is 2. The van der Waals surface area contributed by atoms with Gasteiger partial charge in [-0.25, -0.2) is 4.79 Å². The summed E-state index contributed by atoms with van der Waals surface area (Å²) in [6.45, 7) is 3.98. The lowest BCUT2D eigenvalue weighted by molar-refractivity contribution is -0.145. The van der Waals surface area contributed by atoms with Gasteiger partial charge in [0.05, 0.1) is 0 Å². The van der Waals surface area contributed by atoms with E-state index in [1.165, 1.54) is 11.8 Å². The van der Waals surface area contributed by atoms with Crippen molar-refractivity contribution in [3.63, 3.8) is 0 Å². The maximum absolute atomic E-state index is 12.2. The van der Waals surface area contributed by atoms with Crippen molar-refractivity contribution in [3.8, 4) is 0 Å². The zero-order valence-corrected chi connectivity index (χ0v) is 12.2. The van der Waals surface area contributed by atoms with Crippen LogP contribution >= 0.6 is 0 Å². The van der Waals surface area contributed by atoms with Crippen molar-refractivity contribution >= 4 is 17.8 Å². The molecular weight excluding hydrogens is 260 g/mol. The molecule has 0 aliphatic carbocycles. The van der Waals surface area contributed by atoms with E-state index in [1.54, 1.807) is 0 Å². The number of nitrogens with one attached hydrogen (secondary N) is 1. The highest BCUT2D eigenvalue weighted by Crippen LogP contribution is 2.17. The average molecular weight is 284 g/mol. The van der Waals surface area contributed by atoms with Gasteiger partial charge in [-0.3, -0.25) is 9.59 Å². The summed E-state index contributed by atoms with van der Waals surface area (Å²) in [5, 5.41) is 11.7. The zero-order chi connectivity index (χ0) is 15.1. The Labute approximate surface area is 119 Å². The van der Waals surface area contributed by atoms with E-state index in [9.17, 15) is 14.4 Å². The molecule has 1 unspecified atom stereocenters. The van der Waals surface area contributed by atoms with Gasteiger partial charge >= 0.3 is 5.97 Å². The van der Waals surface area contributed by atoms with Gasteiger partial charge in [-0.1, -0.05) is 19.8 Å². The summed E-state index contributed by atoms with van der Waals surface area (Å²) in [6.07, 6.45) is 4.42. The normalized spacial score (nSPS) is 20.3. The Morgan fingerprint density at radius 1 is 1.35 bits per heavy atom. The smallest absolute Gasteiger partial charge is 0.326 e. The molecule has 1 aliphatic heterocycles. The van der Waals surface area contributed by atoms with Crippen LogP contribution in [0.3, 0.4) is 0 Å². The van der Waals surface area contributed by atoms with Crippen molar-refractivity contribution in [2.24, 2.45) is 0 Å². The Kier molecular flexibility index (Phi) is 6.48. The molecule has 1 fully saturated rings. The number of unbranched alkanes of at least 4 members (excludes halogenated alkanes) is 1. The molecule has 114 valence electrons. The third kappa shape index (κ3) is 4.51. The Bertz CT molecular complexity index is 370. The van der Waals surface area contributed by atoms with Gasteiger partial charge in [-0.05, 0) is 25.7 Å². The molecule has 1 saturated heterocycles. The predicted molar refractivity (Wildman–Crippen MR) is 74.1 cm³/mol. The lowest BCUT2D eigenvalue weighted by Crippen LogP contribution is -2.54. The van der Waals surface area contributed by atoms with E-state index < -0.39 is 18.1 Å². The maximum Gasteiger partial charge on any atom is 0.326 e. The lowest BCUT2D eigenvalue weighted by Gasteiger charge is -2.34. The standard InChI is InChI=1S/C14H24N2O4/c1-3-4-7-11(14(19)20)15-13(18)12-8-5-6-9-16(12)10(2)17/h11-12H,3-9H2,1-2H3,(H,15,18)(H,19,20)/t11-,12?/m0/s1. The second kappa shape index (κ2) is 7.87. The average Bonchev–Trinajstić information content (AvgIpc) is 2.42. The van der Waals surface area contributed by atoms with Crippen LogP contribution in [0.25, 0.3) is 0 Å². The number of amides is 2. The zero-order valence-electron chi connectivity index (χ0n) is 12.2. The summed E-state index contributed by atoms with van der Waals surface area (Å²) < 4.78 is 0. The predicted octanol–water partition coefficient (Wildman–Crippen LogP) is 1.15. The second-order valence-electron chi connectivity index (χ2n) is 5.27. The fourth-order valence-corrected chi connectivity index (χ4v) is 2.51. The molecule has 1 aliphatic rings. The van der Waals surface area contributed by atoms with E-state index in [4.69, 9.17) is 5.11 Å². The van der Waals surface area contributed by atoms with Crippen LogP contribution in [0.2, 0.25) is 0 Å². The summed E-state index contributed by atoms with van der Waals surface area (Å²) in [5.74, 6) is -1.49. The van der Waals surface area contributed by atoms with Crippen molar-refractivity contribution in [1.82, 2.24) is 10.2 Å². The van der Waals surface area contributed by atoms with Gasteiger partial charge in [0.15, 0.2) is 0 Å². The molecule has 1 rings (SSSR count). The summed E-state index contributed by atoms with van der Waals surface area (Å²) in [7, 11) is 0. The van der Waals surface area contributed by atoms with E-state index in [0.717, 1.165) is 25.7 Å². The van der Waals surface area contributed by atoms with Crippen molar-refractivity contribution in [1.29, 1.82) is 0 Å². The number of carboxylic acids is 1. The second-order valence-corrected chi connectivity index (χ2v) is 5.27. The van der Waals surface area contributed by atoms with Crippen LogP contribution in [0, 0.1) is 0 Å². The van der Waals surface area contributed by atoms with Crippen LogP contribution in [0.15, 0.2) is 0 Å². The quantitative estimate of drug-likeness (QED) is 0.766. The van der Waals surface area contributed by atoms with E-state index in [1.807, 2.05) is 6.92 Å². The molecule has 0 aromatic carbocycles. The molecule has 0 bridgehead atoms. The van der Waals surface area contributed by atoms with Gasteiger partial charge in [-0.2, -0.15) is 0 Å². The molecule has 0 radical (unpaired) electrons. The monoisotopic (exact) mass is 284 g/mol. The summed E-state index contributed by atoms with van der Waals surface area (Å²) in [4.78, 5) is 36.4. The molecule has 20 heavy (non-hydrogen) atoms. The minimum Gasteiger partial charge on any atom is -0.480 e. The lowest BCUT2D eigenvalue weighted by atomic mass is 10.0. The van der Waals surface area contributed by atoms with Gasteiger partial charge in [0, 0.05) is 13.5 Å². The summed E-state index contributed by atoms with van der Waals surface area (Å²) in [6, 6.07) is -1.39. The highest BCUT2D eigenvalue weighted by atomic mass is 16.4. The maximum atomic E-state index is 12.2. The number of rotatable bonds is 6. The molecule has 0 aromatic heterocycles. The fraction of sp³-hybridized carbons (Fsp3) is 0.786. The van der Waals surface area contributed by atoms with Gasteiger partial charge < -0.3 is 15.3 Å². The third-order valence-corrected chi connectivity index (χ3v) is 3.67. The molecule has 2 amide bonds. The number of hydrogen-bond acceptors (Lipinski definition) is 3. The first-order valence-corrected chi connectivity index (χ1v) is 7.27. The number of nitrogens with zero attached hydrogens (tertiary/aromatic N) is 1. The van der Waals surface area contributed by atoms with Crippen LogP contribution < -0.4 is 5.32 Å². The number of likely N-dealkylation sites (tertiary alicyclic amines) is 1. The Morgan fingerprint density at radius 3 is 2.60 bits per heavy atom. The highest BCUT2D eigenvalue weighted by Gasteiger charge is 2.32. The van der Waals surface area contributed by atoms with Crippen LogP contribution in [-0.2, 0) is 14.4 Å². The van der Waals surface area contributed by atoms with Gasteiger partial charge in [-0.15, -0.1) is 0 Å². The highest BCUT2D eigenvalue weighted by molar-refractivity contribution is 5.90. The molecule has 0 aromatic rings. The number of piperidine rings is 1. The largest absolute Gasteiger partial charge is 0.480 e. The molecule has 1 heterocycles. The molecule has 6 heteroatoms. The Hall–Kier alpha value is -1.59. The van der Waals surface area contributed by atoms with E-state index in [-0.39, 0.29) is 11.8 Å². The minimum atomic E-state index is -1.02. The summed E-state index contributed by atoms with van der Waals surface area (Å²) in [5.41, 5.74) is 0. The molecule has 2 atom stereocenters. The Balaban J connectivity index is 2.66. The topological polar surface area (TPSA) is 86.7 Å². The van der Waals surface area contributed by atoms with Gasteiger partial charge in [0.25, 0.3) is 0 Å². The van der Waals surface area contributed by atoms with Gasteiger partial charge in [0.2, 0.25) is 11.8 Å². The number of carbonyl (C=O) groups is 3. The van der Waals surface area contributed by atoms with Crippen LogP contribution in [0.1, 0.15) is 52.4 Å². The van der Waals surface area contributed by atoms with Crippen LogP contribution in [-0.4, -0.2) is 46.4 Å². The fourth-order valence-electron chi connectivity index (χ4n) is 2.51. The summed E-state index contributed by atoms with van der Waals surface area (Å²) >= 11 is 0. The minimum absolute atomic E-state index is 0.134.